The number of carbonyl (C=O) groups excluding carboxylic acids is 1. The van der Waals surface area contributed by atoms with E-state index in [4.69, 9.17) is 9.47 Å². The molecular formula is C55H105NO10. The van der Waals surface area contributed by atoms with Crippen molar-refractivity contribution in [2.75, 3.05) is 13.2 Å². The molecule has 11 nitrogen and oxygen atoms in total. The number of unbranched alkanes of at least 4 members (excludes halogenated alkanes) is 31. The SMILES string of the molecule is CCCCCCCCCCCC/C=C/CC/C=C/CCCC(O)C(O)C(COC1OC(CO)C(O)C(O)C1O)NC(=O)C(O)CCCCCCCCCCCCCCCCCCCCCC. The fourth-order valence-corrected chi connectivity index (χ4v) is 8.93. The Morgan fingerprint density at radius 2 is 0.909 bits per heavy atom. The highest BCUT2D eigenvalue weighted by atomic mass is 16.7. The van der Waals surface area contributed by atoms with Gasteiger partial charge in [0.1, 0.15) is 36.6 Å². The Labute approximate surface area is 404 Å². The van der Waals surface area contributed by atoms with Gasteiger partial charge in [-0.2, -0.15) is 0 Å². The van der Waals surface area contributed by atoms with Gasteiger partial charge in [0.25, 0.3) is 0 Å². The highest BCUT2D eigenvalue weighted by Crippen LogP contribution is 2.23. The summed E-state index contributed by atoms with van der Waals surface area (Å²) in [5.74, 6) is -0.707. The van der Waals surface area contributed by atoms with Crippen molar-refractivity contribution in [2.45, 2.75) is 306 Å². The number of nitrogens with one attached hydrogen (secondary N) is 1. The molecule has 0 bridgehead atoms. The second kappa shape index (κ2) is 44.8. The van der Waals surface area contributed by atoms with Crippen LogP contribution in [0.3, 0.4) is 0 Å². The lowest BCUT2D eigenvalue weighted by atomic mass is 9.98. The van der Waals surface area contributed by atoms with Gasteiger partial charge in [-0.1, -0.05) is 224 Å². The number of hydrogen-bond donors (Lipinski definition) is 8. The molecule has 0 aromatic heterocycles. The minimum absolute atomic E-state index is 0.249. The zero-order chi connectivity index (χ0) is 48.3. The highest BCUT2D eigenvalue weighted by molar-refractivity contribution is 5.80. The molecule has 66 heavy (non-hydrogen) atoms. The van der Waals surface area contributed by atoms with Gasteiger partial charge >= 0.3 is 0 Å². The van der Waals surface area contributed by atoms with Crippen LogP contribution in [0.2, 0.25) is 0 Å². The number of hydrogen-bond acceptors (Lipinski definition) is 10. The monoisotopic (exact) mass is 940 g/mol. The van der Waals surface area contributed by atoms with E-state index in [1.165, 1.54) is 167 Å². The van der Waals surface area contributed by atoms with Gasteiger partial charge in [0.05, 0.1) is 25.4 Å². The molecule has 1 aliphatic heterocycles. The van der Waals surface area contributed by atoms with Crippen LogP contribution in [0.15, 0.2) is 24.3 Å². The van der Waals surface area contributed by atoms with Crippen LogP contribution in [0.1, 0.15) is 251 Å². The lowest BCUT2D eigenvalue weighted by Crippen LogP contribution is -2.60. The van der Waals surface area contributed by atoms with Crippen molar-refractivity contribution in [2.24, 2.45) is 0 Å². The predicted octanol–water partition coefficient (Wildman–Crippen LogP) is 11.0. The van der Waals surface area contributed by atoms with Crippen LogP contribution >= 0.6 is 0 Å². The summed E-state index contributed by atoms with van der Waals surface area (Å²) >= 11 is 0. The van der Waals surface area contributed by atoms with E-state index in [1.54, 1.807) is 0 Å². The summed E-state index contributed by atoms with van der Waals surface area (Å²) in [6.07, 6.45) is 40.8. The lowest BCUT2D eigenvalue weighted by Gasteiger charge is -2.40. The maximum absolute atomic E-state index is 13.2. The molecule has 1 rings (SSSR count). The average molecular weight is 940 g/mol. The molecule has 1 fully saturated rings. The summed E-state index contributed by atoms with van der Waals surface area (Å²) in [6.45, 7) is 3.46. The fourth-order valence-electron chi connectivity index (χ4n) is 8.93. The molecule has 0 aliphatic carbocycles. The molecule has 390 valence electrons. The van der Waals surface area contributed by atoms with Gasteiger partial charge in [-0.3, -0.25) is 4.79 Å². The summed E-state index contributed by atoms with van der Waals surface area (Å²) in [5, 5.41) is 76.0. The highest BCUT2D eigenvalue weighted by Gasteiger charge is 2.44. The maximum atomic E-state index is 13.2. The first-order valence-corrected chi connectivity index (χ1v) is 27.7. The van der Waals surface area contributed by atoms with Crippen LogP contribution in [0.5, 0.6) is 0 Å². The van der Waals surface area contributed by atoms with Gasteiger partial charge in [0.2, 0.25) is 5.91 Å². The number of amides is 1. The first kappa shape index (κ1) is 62.6. The molecule has 0 aromatic carbocycles. The lowest BCUT2D eigenvalue weighted by molar-refractivity contribution is -0.303. The second-order valence-corrected chi connectivity index (χ2v) is 19.6. The van der Waals surface area contributed by atoms with E-state index < -0.39 is 74.2 Å². The molecule has 0 saturated carbocycles. The zero-order valence-corrected chi connectivity index (χ0v) is 42.4. The molecule has 1 aliphatic rings. The van der Waals surface area contributed by atoms with Crippen molar-refractivity contribution in [3.05, 3.63) is 24.3 Å². The van der Waals surface area contributed by atoms with Crippen LogP contribution in [0, 0.1) is 0 Å². The van der Waals surface area contributed by atoms with Gasteiger partial charge in [-0.05, 0) is 51.4 Å². The van der Waals surface area contributed by atoms with Gasteiger partial charge in [0, 0.05) is 0 Å². The first-order chi connectivity index (χ1) is 32.2. The number of allylic oxidation sites excluding steroid dienone is 4. The largest absolute Gasteiger partial charge is 0.394 e. The summed E-state index contributed by atoms with van der Waals surface area (Å²) in [4.78, 5) is 13.2. The summed E-state index contributed by atoms with van der Waals surface area (Å²) in [5.41, 5.74) is 0. The van der Waals surface area contributed by atoms with Crippen molar-refractivity contribution in [3.8, 4) is 0 Å². The number of carbonyl (C=O) groups is 1. The maximum Gasteiger partial charge on any atom is 0.249 e. The van der Waals surface area contributed by atoms with Crippen LogP contribution in [-0.2, 0) is 14.3 Å². The molecule has 1 amide bonds. The van der Waals surface area contributed by atoms with E-state index in [0.29, 0.717) is 19.3 Å². The third kappa shape index (κ3) is 33.2. The molecule has 0 radical (unpaired) electrons. The molecule has 11 heteroatoms. The van der Waals surface area contributed by atoms with E-state index >= 15 is 0 Å². The topological polar surface area (TPSA) is 189 Å². The van der Waals surface area contributed by atoms with Crippen LogP contribution in [-0.4, -0.2) is 110 Å². The predicted molar refractivity (Wildman–Crippen MR) is 270 cm³/mol. The Morgan fingerprint density at radius 1 is 0.515 bits per heavy atom. The Kier molecular flexibility index (Phi) is 42.5. The van der Waals surface area contributed by atoms with E-state index in [9.17, 15) is 40.5 Å². The van der Waals surface area contributed by atoms with Crippen molar-refractivity contribution in [1.29, 1.82) is 0 Å². The normalized spacial score (nSPS) is 20.9. The smallest absolute Gasteiger partial charge is 0.249 e. The average Bonchev–Trinajstić information content (AvgIpc) is 3.32. The number of aliphatic hydroxyl groups is 7. The molecule has 1 saturated heterocycles. The summed E-state index contributed by atoms with van der Waals surface area (Å²) in [6, 6.07) is -1.19. The second-order valence-electron chi connectivity index (χ2n) is 19.6. The summed E-state index contributed by atoms with van der Waals surface area (Å²) in [7, 11) is 0. The van der Waals surface area contributed by atoms with E-state index in [0.717, 1.165) is 38.5 Å². The van der Waals surface area contributed by atoms with E-state index in [1.807, 2.05) is 0 Å². The molecule has 9 atom stereocenters. The van der Waals surface area contributed by atoms with Gasteiger partial charge < -0.3 is 50.5 Å². The van der Waals surface area contributed by atoms with Crippen LogP contribution < -0.4 is 5.32 Å². The molecule has 1 heterocycles. The minimum Gasteiger partial charge on any atom is -0.394 e. The van der Waals surface area contributed by atoms with Crippen molar-refractivity contribution in [3.63, 3.8) is 0 Å². The zero-order valence-electron chi connectivity index (χ0n) is 42.4. The van der Waals surface area contributed by atoms with E-state index in [-0.39, 0.29) is 12.8 Å². The Morgan fingerprint density at radius 3 is 1.35 bits per heavy atom. The minimum atomic E-state index is -1.67. The Balaban J connectivity index is 2.37. The van der Waals surface area contributed by atoms with Crippen molar-refractivity contribution in [1.82, 2.24) is 5.32 Å². The van der Waals surface area contributed by atoms with Crippen molar-refractivity contribution < 1.29 is 50.0 Å². The first-order valence-electron chi connectivity index (χ1n) is 27.7. The summed E-state index contributed by atoms with van der Waals surface area (Å²) < 4.78 is 11.1. The van der Waals surface area contributed by atoms with Crippen LogP contribution in [0.25, 0.3) is 0 Å². The fraction of sp³-hybridized carbons (Fsp3) is 0.909. The van der Waals surface area contributed by atoms with Gasteiger partial charge in [-0.15, -0.1) is 0 Å². The Bertz CT molecular complexity index is 1120. The molecule has 0 aromatic rings. The van der Waals surface area contributed by atoms with Crippen LogP contribution in [0.4, 0.5) is 0 Å². The van der Waals surface area contributed by atoms with Crippen molar-refractivity contribution >= 4 is 5.91 Å². The molecule has 8 N–H and O–H groups in total. The number of aliphatic hydroxyl groups excluding tert-OH is 7. The third-order valence-corrected chi connectivity index (χ3v) is 13.5. The molecule has 0 spiro atoms. The quantitative estimate of drug-likeness (QED) is 0.0215. The molecular weight excluding hydrogens is 835 g/mol. The van der Waals surface area contributed by atoms with E-state index in [2.05, 4.69) is 43.5 Å². The number of rotatable bonds is 47. The third-order valence-electron chi connectivity index (χ3n) is 13.5. The van der Waals surface area contributed by atoms with Gasteiger partial charge in [-0.25, -0.2) is 0 Å². The standard InChI is InChI=1S/C55H105NO10/c1-3-5-7-9-11-13-15-17-19-21-23-25-27-29-31-33-35-37-39-41-43-48(59)54(64)56-46(45-65-55-53(63)52(62)51(61)49(44-57)66-55)50(60)47(58)42-40-38-36-34-32-30-28-26-24-22-20-18-16-14-12-10-8-6-4-2/h26,28,34,36,46-53,55,57-63H,3-25,27,29-33,35,37-45H2,1-2H3,(H,56,64)/b28-26+,36-34+. The number of ether oxygens (including phenoxy) is 2. The Hall–Kier alpha value is -1.41. The van der Waals surface area contributed by atoms with Gasteiger partial charge in [0.15, 0.2) is 6.29 Å². The molecule has 9 unspecified atom stereocenters.